The highest BCUT2D eigenvalue weighted by Crippen LogP contribution is 2.32. The molecule has 0 saturated carbocycles. The maximum Gasteiger partial charge on any atom is 0.306 e. The van der Waals surface area contributed by atoms with E-state index in [1.54, 1.807) is 26.2 Å². The van der Waals surface area contributed by atoms with Crippen molar-refractivity contribution in [1.82, 2.24) is 0 Å². The van der Waals surface area contributed by atoms with Crippen LogP contribution in [-0.4, -0.2) is 18.2 Å². The standard InChI is InChI=1S/C25H21FO4/c1-15(25(27)28)11-16-3-4-19-13-24(30-23(19)12-16)18-7-5-17(6-8-18)21-14-20(29-2)9-10-22(21)26/h3-10,12-15H,11H2,1-2H3,(H,27,28)/t15-/m0/s1. The van der Waals surface area contributed by atoms with E-state index >= 15 is 0 Å². The van der Waals surface area contributed by atoms with Crippen LogP contribution in [-0.2, 0) is 11.2 Å². The topological polar surface area (TPSA) is 59.7 Å². The minimum atomic E-state index is -0.817. The number of carboxylic acids is 1. The molecule has 0 bridgehead atoms. The Balaban J connectivity index is 1.62. The molecule has 0 spiro atoms. The number of carbonyl (C=O) groups is 1. The number of ether oxygens (including phenoxy) is 1. The molecule has 4 aromatic rings. The van der Waals surface area contributed by atoms with Crippen LogP contribution in [0.4, 0.5) is 4.39 Å². The van der Waals surface area contributed by atoms with E-state index in [0.29, 0.717) is 29.1 Å². The lowest BCUT2D eigenvalue weighted by Gasteiger charge is -2.07. The number of furan rings is 1. The molecule has 0 unspecified atom stereocenters. The molecule has 0 aliphatic heterocycles. The van der Waals surface area contributed by atoms with Crippen LogP contribution in [0, 0.1) is 11.7 Å². The van der Waals surface area contributed by atoms with Gasteiger partial charge in [0.25, 0.3) is 0 Å². The lowest BCUT2D eigenvalue weighted by Crippen LogP contribution is -2.12. The van der Waals surface area contributed by atoms with Gasteiger partial charge < -0.3 is 14.3 Å². The number of aliphatic carboxylic acids is 1. The molecule has 1 N–H and O–H groups in total. The first-order chi connectivity index (χ1) is 14.4. The van der Waals surface area contributed by atoms with Gasteiger partial charge in [0.05, 0.1) is 13.0 Å². The van der Waals surface area contributed by atoms with Gasteiger partial charge in [0.1, 0.15) is 22.9 Å². The molecule has 1 aromatic heterocycles. The molecule has 0 fully saturated rings. The SMILES string of the molecule is COc1ccc(F)c(-c2ccc(-c3cc4ccc(C[C@H](C)C(=O)O)cc4o3)cc2)c1. The van der Waals surface area contributed by atoms with Crippen LogP contribution in [0.3, 0.4) is 0 Å². The van der Waals surface area contributed by atoms with E-state index in [9.17, 15) is 9.18 Å². The average molecular weight is 404 g/mol. The molecule has 0 aliphatic rings. The van der Waals surface area contributed by atoms with Gasteiger partial charge in [-0.15, -0.1) is 0 Å². The van der Waals surface area contributed by atoms with Crippen LogP contribution in [0.15, 0.2) is 71.1 Å². The van der Waals surface area contributed by atoms with Gasteiger partial charge in [0.2, 0.25) is 0 Å². The summed E-state index contributed by atoms with van der Waals surface area (Å²) in [7, 11) is 1.55. The van der Waals surface area contributed by atoms with Crippen molar-refractivity contribution in [2.45, 2.75) is 13.3 Å². The number of hydrogen-bond donors (Lipinski definition) is 1. The number of fused-ring (bicyclic) bond motifs is 1. The van der Waals surface area contributed by atoms with Gasteiger partial charge in [-0.25, -0.2) is 4.39 Å². The molecule has 0 amide bonds. The third-order valence-corrected chi connectivity index (χ3v) is 5.20. The van der Waals surface area contributed by atoms with Crippen molar-refractivity contribution in [3.8, 4) is 28.2 Å². The van der Waals surface area contributed by atoms with Crippen LogP contribution in [0.5, 0.6) is 5.75 Å². The molecule has 3 aromatic carbocycles. The summed E-state index contributed by atoms with van der Waals surface area (Å²) in [5, 5.41) is 10.1. The predicted molar refractivity (Wildman–Crippen MR) is 114 cm³/mol. The number of benzene rings is 3. The second-order valence-corrected chi connectivity index (χ2v) is 7.35. The van der Waals surface area contributed by atoms with Crippen molar-refractivity contribution in [2.75, 3.05) is 7.11 Å². The Hall–Kier alpha value is -3.60. The minimum absolute atomic E-state index is 0.310. The van der Waals surface area contributed by atoms with Crippen LogP contribution in [0.25, 0.3) is 33.4 Å². The third kappa shape index (κ3) is 3.92. The Morgan fingerprint density at radius 3 is 2.47 bits per heavy atom. The summed E-state index contributed by atoms with van der Waals surface area (Å²) in [6.45, 7) is 1.69. The van der Waals surface area contributed by atoms with E-state index in [0.717, 1.165) is 22.1 Å². The zero-order valence-corrected chi connectivity index (χ0v) is 16.7. The van der Waals surface area contributed by atoms with Gasteiger partial charge in [-0.2, -0.15) is 0 Å². The van der Waals surface area contributed by atoms with Crippen molar-refractivity contribution < 1.29 is 23.4 Å². The number of carboxylic acid groups (broad SMARTS) is 1. The summed E-state index contributed by atoms with van der Waals surface area (Å²) in [5.41, 5.74) is 3.72. The number of rotatable bonds is 6. The van der Waals surface area contributed by atoms with Crippen molar-refractivity contribution in [2.24, 2.45) is 5.92 Å². The Kier molecular flexibility index (Phi) is 5.27. The lowest BCUT2D eigenvalue weighted by atomic mass is 10.0. The Bertz CT molecular complexity index is 1210. The largest absolute Gasteiger partial charge is 0.497 e. The van der Waals surface area contributed by atoms with E-state index in [1.165, 1.54) is 6.07 Å². The fourth-order valence-electron chi connectivity index (χ4n) is 3.45. The zero-order valence-electron chi connectivity index (χ0n) is 16.7. The monoisotopic (exact) mass is 404 g/mol. The highest BCUT2D eigenvalue weighted by molar-refractivity contribution is 5.84. The quantitative estimate of drug-likeness (QED) is 0.417. The number of hydrogen-bond acceptors (Lipinski definition) is 3. The van der Waals surface area contributed by atoms with Crippen molar-refractivity contribution in [3.63, 3.8) is 0 Å². The molecule has 0 radical (unpaired) electrons. The predicted octanol–water partition coefficient (Wildman–Crippen LogP) is 6.18. The summed E-state index contributed by atoms with van der Waals surface area (Å²) in [6, 6.07) is 19.8. The lowest BCUT2D eigenvalue weighted by molar-refractivity contribution is -0.141. The molecule has 0 aliphatic carbocycles. The summed E-state index contributed by atoms with van der Waals surface area (Å²) < 4.78 is 25.4. The molecule has 0 saturated heterocycles. The second-order valence-electron chi connectivity index (χ2n) is 7.35. The van der Waals surface area contributed by atoms with Crippen LogP contribution < -0.4 is 4.74 Å². The van der Waals surface area contributed by atoms with Crippen LogP contribution in [0.1, 0.15) is 12.5 Å². The molecule has 1 heterocycles. The summed E-state index contributed by atoms with van der Waals surface area (Å²) in [6.07, 6.45) is 0.447. The average Bonchev–Trinajstić information content (AvgIpc) is 3.17. The van der Waals surface area contributed by atoms with E-state index in [2.05, 4.69) is 0 Å². The Labute approximate surface area is 173 Å². The molecule has 4 rings (SSSR count). The molecular weight excluding hydrogens is 383 g/mol. The molecule has 1 atom stereocenters. The van der Waals surface area contributed by atoms with E-state index in [1.807, 2.05) is 48.5 Å². The van der Waals surface area contributed by atoms with Crippen molar-refractivity contribution in [1.29, 1.82) is 0 Å². The highest BCUT2D eigenvalue weighted by atomic mass is 19.1. The maximum atomic E-state index is 14.2. The maximum absolute atomic E-state index is 14.2. The first-order valence-electron chi connectivity index (χ1n) is 9.64. The Morgan fingerprint density at radius 2 is 1.77 bits per heavy atom. The van der Waals surface area contributed by atoms with Gasteiger partial charge in [0, 0.05) is 16.5 Å². The van der Waals surface area contributed by atoms with Crippen molar-refractivity contribution in [3.05, 3.63) is 78.1 Å². The summed E-state index contributed by atoms with van der Waals surface area (Å²) in [5.74, 6) is -0.286. The normalized spacial score (nSPS) is 12.1. The highest BCUT2D eigenvalue weighted by Gasteiger charge is 2.14. The van der Waals surface area contributed by atoms with Crippen LogP contribution in [0.2, 0.25) is 0 Å². The fraction of sp³-hybridized carbons (Fsp3) is 0.160. The minimum Gasteiger partial charge on any atom is -0.497 e. The van der Waals surface area contributed by atoms with E-state index < -0.39 is 11.9 Å². The number of methoxy groups -OCH3 is 1. The van der Waals surface area contributed by atoms with Crippen LogP contribution >= 0.6 is 0 Å². The molecule has 30 heavy (non-hydrogen) atoms. The molecule has 4 nitrogen and oxygen atoms in total. The smallest absolute Gasteiger partial charge is 0.306 e. The van der Waals surface area contributed by atoms with Gasteiger partial charge in [-0.3, -0.25) is 4.79 Å². The van der Waals surface area contributed by atoms with Crippen molar-refractivity contribution >= 4 is 16.9 Å². The summed E-state index contributed by atoms with van der Waals surface area (Å²) >= 11 is 0. The number of halogens is 1. The Morgan fingerprint density at radius 1 is 1.03 bits per heavy atom. The van der Waals surface area contributed by atoms with Gasteiger partial charge in [0.15, 0.2) is 0 Å². The first kappa shape index (κ1) is 19.7. The fourth-order valence-corrected chi connectivity index (χ4v) is 3.45. The zero-order chi connectivity index (χ0) is 21.3. The molecule has 5 heteroatoms. The molecule has 152 valence electrons. The second kappa shape index (κ2) is 8.03. The third-order valence-electron chi connectivity index (χ3n) is 5.20. The first-order valence-corrected chi connectivity index (χ1v) is 9.64. The van der Waals surface area contributed by atoms with Gasteiger partial charge in [-0.1, -0.05) is 43.3 Å². The van der Waals surface area contributed by atoms with E-state index in [4.69, 9.17) is 14.3 Å². The molecular formula is C25H21FO4. The summed E-state index contributed by atoms with van der Waals surface area (Å²) in [4.78, 5) is 11.1. The van der Waals surface area contributed by atoms with E-state index in [-0.39, 0.29) is 5.82 Å². The van der Waals surface area contributed by atoms with Gasteiger partial charge >= 0.3 is 5.97 Å². The van der Waals surface area contributed by atoms with Gasteiger partial charge in [-0.05, 0) is 47.9 Å².